The van der Waals surface area contributed by atoms with Crippen molar-refractivity contribution in [3.05, 3.63) is 84.2 Å². The average Bonchev–Trinajstić information content (AvgIpc) is 2.94. The van der Waals surface area contributed by atoms with Gasteiger partial charge in [0, 0.05) is 23.7 Å². The van der Waals surface area contributed by atoms with Crippen molar-refractivity contribution < 1.29 is 31.9 Å². The normalized spacial score (nSPS) is 12.3. The zero-order chi connectivity index (χ0) is 30.4. The zero-order valence-corrected chi connectivity index (χ0v) is 24.9. The topological polar surface area (TPSA) is 105 Å². The third kappa shape index (κ3) is 7.75. The molecule has 3 aromatic rings. The van der Waals surface area contributed by atoms with Crippen molar-refractivity contribution in [3.8, 4) is 11.5 Å². The fourth-order valence-corrected chi connectivity index (χ4v) is 5.53. The number of hydrogen-bond donors (Lipinski definition) is 1. The van der Waals surface area contributed by atoms with Crippen molar-refractivity contribution in [2.75, 3.05) is 25.1 Å². The summed E-state index contributed by atoms with van der Waals surface area (Å²) >= 11 is 0. The highest BCUT2D eigenvalue weighted by Crippen LogP contribution is 2.36. The number of sulfonamides is 1. The molecule has 0 aliphatic heterocycles. The molecule has 11 heteroatoms. The van der Waals surface area contributed by atoms with E-state index in [9.17, 15) is 22.4 Å². The number of hydrogen-bond acceptors (Lipinski definition) is 6. The van der Waals surface area contributed by atoms with Crippen LogP contribution in [0.3, 0.4) is 0 Å². The number of benzene rings is 3. The molecule has 0 saturated heterocycles. The zero-order valence-electron chi connectivity index (χ0n) is 24.0. The van der Waals surface area contributed by atoms with Gasteiger partial charge < -0.3 is 19.7 Å². The number of nitrogens with zero attached hydrogens (tertiary/aromatic N) is 2. The van der Waals surface area contributed by atoms with Crippen LogP contribution in [0.4, 0.5) is 10.1 Å². The second kappa shape index (κ2) is 13.0. The quantitative estimate of drug-likeness (QED) is 0.358. The smallest absolute Gasteiger partial charge is 0.264 e. The molecule has 0 unspecified atom stereocenters. The Bertz CT molecular complexity index is 1480. The summed E-state index contributed by atoms with van der Waals surface area (Å²) in [5, 5.41) is 2.83. The van der Waals surface area contributed by atoms with E-state index in [2.05, 4.69) is 5.32 Å². The molecular formula is C30H36FN3O6S. The molecule has 1 atom stereocenters. The molecule has 0 radical (unpaired) electrons. The third-order valence-corrected chi connectivity index (χ3v) is 8.00. The van der Waals surface area contributed by atoms with Crippen LogP contribution < -0.4 is 19.1 Å². The molecule has 0 heterocycles. The molecule has 0 spiro atoms. The standard InChI is InChI=1S/C30H36FN3O6S/c1-21(29(36)32-30(2,3)4)33(19-22-12-10-11-15-25(22)31)28(35)20-34(41(37,38)24-13-8-7-9-14-24)26-18-23(39-5)16-17-27(26)40-6/h7-18,21H,19-20H2,1-6H3,(H,32,36)/t21-/m0/s1. The van der Waals surface area contributed by atoms with Gasteiger partial charge in [-0.2, -0.15) is 0 Å². The Morgan fingerprint density at radius 2 is 1.59 bits per heavy atom. The van der Waals surface area contributed by atoms with E-state index in [-0.39, 0.29) is 28.4 Å². The summed E-state index contributed by atoms with van der Waals surface area (Å²) in [5.74, 6) is -1.25. The second-order valence-electron chi connectivity index (χ2n) is 10.4. The first-order chi connectivity index (χ1) is 19.3. The molecule has 0 saturated carbocycles. The second-order valence-corrected chi connectivity index (χ2v) is 12.3. The maximum Gasteiger partial charge on any atom is 0.264 e. The summed E-state index contributed by atoms with van der Waals surface area (Å²) in [7, 11) is -1.51. The van der Waals surface area contributed by atoms with Crippen LogP contribution in [0.1, 0.15) is 33.3 Å². The van der Waals surface area contributed by atoms with Crippen molar-refractivity contribution in [1.82, 2.24) is 10.2 Å². The number of anilines is 1. The van der Waals surface area contributed by atoms with Crippen LogP contribution in [0.2, 0.25) is 0 Å². The predicted octanol–water partition coefficient (Wildman–Crippen LogP) is 4.37. The monoisotopic (exact) mass is 585 g/mol. The molecule has 41 heavy (non-hydrogen) atoms. The van der Waals surface area contributed by atoms with Crippen molar-refractivity contribution in [2.45, 2.75) is 50.7 Å². The minimum absolute atomic E-state index is 0.0571. The molecule has 1 N–H and O–H groups in total. The Morgan fingerprint density at radius 3 is 2.17 bits per heavy atom. The van der Waals surface area contributed by atoms with E-state index in [1.54, 1.807) is 51.1 Å². The van der Waals surface area contributed by atoms with Gasteiger partial charge in [-0.3, -0.25) is 13.9 Å². The lowest BCUT2D eigenvalue weighted by molar-refractivity contribution is -0.140. The predicted molar refractivity (Wildman–Crippen MR) is 155 cm³/mol. The Balaban J connectivity index is 2.13. The van der Waals surface area contributed by atoms with Gasteiger partial charge in [-0.25, -0.2) is 12.8 Å². The Labute approximate surface area is 240 Å². The molecule has 0 fully saturated rings. The van der Waals surface area contributed by atoms with Gasteiger partial charge in [0.1, 0.15) is 29.9 Å². The molecule has 3 aromatic carbocycles. The Morgan fingerprint density at radius 1 is 0.951 bits per heavy atom. The number of carbonyl (C=O) groups excluding carboxylic acids is 2. The summed E-state index contributed by atoms with van der Waals surface area (Å²) < 4.78 is 54.3. The third-order valence-electron chi connectivity index (χ3n) is 6.23. The van der Waals surface area contributed by atoms with E-state index in [1.807, 2.05) is 0 Å². The molecule has 220 valence electrons. The van der Waals surface area contributed by atoms with Crippen LogP contribution in [-0.2, 0) is 26.2 Å². The van der Waals surface area contributed by atoms with Crippen LogP contribution >= 0.6 is 0 Å². The van der Waals surface area contributed by atoms with Gasteiger partial charge in [-0.15, -0.1) is 0 Å². The van der Waals surface area contributed by atoms with Gasteiger partial charge in [0.25, 0.3) is 10.0 Å². The summed E-state index contributed by atoms with van der Waals surface area (Å²) in [6.45, 7) is 5.93. The minimum atomic E-state index is -4.32. The molecular weight excluding hydrogens is 549 g/mol. The van der Waals surface area contributed by atoms with E-state index >= 15 is 0 Å². The number of rotatable bonds is 11. The molecule has 0 aliphatic carbocycles. The van der Waals surface area contributed by atoms with E-state index < -0.39 is 45.8 Å². The number of methoxy groups -OCH3 is 2. The Hall–Kier alpha value is -4.12. The lowest BCUT2D eigenvalue weighted by atomic mass is 10.1. The number of halogens is 1. The first kappa shape index (κ1) is 31.4. The number of ether oxygens (including phenoxy) is 2. The first-order valence-corrected chi connectivity index (χ1v) is 14.4. The molecule has 0 aliphatic rings. The SMILES string of the molecule is COc1ccc(OC)c(N(CC(=O)N(Cc2ccccc2F)[C@@H](C)C(=O)NC(C)(C)C)S(=O)(=O)c2ccccc2)c1. The number of nitrogens with one attached hydrogen (secondary N) is 1. The summed E-state index contributed by atoms with van der Waals surface area (Å²) in [4.78, 5) is 28.3. The van der Waals surface area contributed by atoms with Crippen LogP contribution in [0, 0.1) is 5.82 Å². The molecule has 0 bridgehead atoms. The largest absolute Gasteiger partial charge is 0.497 e. The number of amides is 2. The molecule has 0 aromatic heterocycles. The lowest BCUT2D eigenvalue weighted by Gasteiger charge is -2.33. The Kier molecular flexibility index (Phi) is 9.98. The van der Waals surface area contributed by atoms with Crippen LogP contribution in [0.5, 0.6) is 11.5 Å². The van der Waals surface area contributed by atoms with Crippen LogP contribution in [0.25, 0.3) is 0 Å². The van der Waals surface area contributed by atoms with Gasteiger partial charge in [0.15, 0.2) is 0 Å². The molecule has 9 nitrogen and oxygen atoms in total. The first-order valence-electron chi connectivity index (χ1n) is 12.9. The fourth-order valence-electron chi connectivity index (χ4n) is 4.09. The summed E-state index contributed by atoms with van der Waals surface area (Å²) in [5.41, 5.74) is -0.372. The fraction of sp³-hybridized carbons (Fsp3) is 0.333. The van der Waals surface area contributed by atoms with Gasteiger partial charge in [0.05, 0.1) is 24.8 Å². The van der Waals surface area contributed by atoms with E-state index in [0.717, 1.165) is 4.31 Å². The van der Waals surface area contributed by atoms with E-state index in [0.29, 0.717) is 5.75 Å². The van der Waals surface area contributed by atoms with Crippen molar-refractivity contribution >= 4 is 27.5 Å². The van der Waals surface area contributed by atoms with Gasteiger partial charge in [-0.05, 0) is 58.0 Å². The van der Waals surface area contributed by atoms with Crippen molar-refractivity contribution in [2.24, 2.45) is 0 Å². The van der Waals surface area contributed by atoms with E-state index in [1.165, 1.54) is 68.5 Å². The summed E-state index contributed by atoms with van der Waals surface area (Å²) in [6.07, 6.45) is 0. The molecule has 2 amide bonds. The summed E-state index contributed by atoms with van der Waals surface area (Å²) in [6, 6.07) is 17.1. The van der Waals surface area contributed by atoms with Crippen LogP contribution in [0.15, 0.2) is 77.7 Å². The number of carbonyl (C=O) groups is 2. The average molecular weight is 586 g/mol. The maximum absolute atomic E-state index is 14.7. The van der Waals surface area contributed by atoms with Gasteiger partial charge in [-0.1, -0.05) is 36.4 Å². The van der Waals surface area contributed by atoms with Crippen LogP contribution in [-0.4, -0.2) is 57.5 Å². The highest BCUT2D eigenvalue weighted by Gasteiger charge is 2.35. The van der Waals surface area contributed by atoms with Crippen molar-refractivity contribution in [3.63, 3.8) is 0 Å². The van der Waals surface area contributed by atoms with Gasteiger partial charge >= 0.3 is 0 Å². The molecule has 3 rings (SSSR count). The lowest BCUT2D eigenvalue weighted by Crippen LogP contribution is -2.54. The van der Waals surface area contributed by atoms with Gasteiger partial charge in [0.2, 0.25) is 11.8 Å². The van der Waals surface area contributed by atoms with E-state index in [4.69, 9.17) is 9.47 Å². The highest BCUT2D eigenvalue weighted by molar-refractivity contribution is 7.92. The minimum Gasteiger partial charge on any atom is -0.497 e. The maximum atomic E-state index is 14.7. The van der Waals surface area contributed by atoms with Crippen molar-refractivity contribution in [1.29, 1.82) is 0 Å². The highest BCUT2D eigenvalue weighted by atomic mass is 32.2.